The van der Waals surface area contributed by atoms with Gasteiger partial charge < -0.3 is 15.4 Å². The summed E-state index contributed by atoms with van der Waals surface area (Å²) < 4.78 is 70.5. The summed E-state index contributed by atoms with van der Waals surface area (Å²) >= 11 is 0. The van der Waals surface area contributed by atoms with Gasteiger partial charge in [-0.25, -0.2) is 4.79 Å². The minimum absolute atomic E-state index is 0.108. The molecule has 4 rings (SSSR count). The van der Waals surface area contributed by atoms with E-state index in [2.05, 4.69) is 20.4 Å². The van der Waals surface area contributed by atoms with Gasteiger partial charge in [0.15, 0.2) is 0 Å². The zero-order chi connectivity index (χ0) is 29.8. The van der Waals surface area contributed by atoms with Crippen molar-refractivity contribution in [2.45, 2.75) is 18.8 Å². The molecule has 0 atom stereocenters. The van der Waals surface area contributed by atoms with Crippen molar-refractivity contribution in [3.63, 3.8) is 0 Å². The quantitative estimate of drug-likeness (QED) is 0.177. The Morgan fingerprint density at radius 2 is 1.85 bits per heavy atom. The van der Waals surface area contributed by atoms with Crippen LogP contribution in [0.4, 0.5) is 37.7 Å². The first kappa shape index (κ1) is 29.6. The number of aromatic nitrogens is 2. The molecular formula is C23H18F6N6O5. The number of nitro groups is 1. The van der Waals surface area contributed by atoms with E-state index in [0.29, 0.717) is 30.3 Å². The predicted molar refractivity (Wildman–Crippen MR) is 128 cm³/mol. The third kappa shape index (κ3) is 7.12. The number of anilines is 1. The average molecular weight is 572 g/mol. The largest absolute Gasteiger partial charge is 0.490 e. The van der Waals surface area contributed by atoms with Gasteiger partial charge in [0.25, 0.3) is 11.6 Å². The van der Waals surface area contributed by atoms with E-state index < -0.39 is 34.5 Å². The lowest BCUT2D eigenvalue weighted by Gasteiger charge is -2.14. The minimum atomic E-state index is -5.08. The van der Waals surface area contributed by atoms with E-state index in [4.69, 9.17) is 9.90 Å². The Kier molecular flexibility index (Phi) is 8.45. The molecule has 17 heteroatoms. The van der Waals surface area contributed by atoms with Crippen LogP contribution in [-0.2, 0) is 17.4 Å². The summed E-state index contributed by atoms with van der Waals surface area (Å²) in [5.41, 5.74) is 1.35. The number of carbonyl (C=O) groups excluding carboxylic acids is 1. The lowest BCUT2D eigenvalue weighted by molar-refractivity contribution is -0.384. The fourth-order valence-electron chi connectivity index (χ4n) is 3.46. The van der Waals surface area contributed by atoms with Crippen LogP contribution in [0.5, 0.6) is 0 Å². The predicted octanol–water partition coefficient (Wildman–Crippen LogP) is 4.39. The first-order valence-corrected chi connectivity index (χ1v) is 11.0. The Labute approximate surface area is 220 Å². The molecule has 0 radical (unpaired) electrons. The highest BCUT2D eigenvalue weighted by Gasteiger charge is 2.38. The van der Waals surface area contributed by atoms with Crippen LogP contribution in [0.2, 0.25) is 0 Å². The zero-order valence-electron chi connectivity index (χ0n) is 20.2. The van der Waals surface area contributed by atoms with Gasteiger partial charge >= 0.3 is 18.3 Å². The monoisotopic (exact) mass is 572 g/mol. The minimum Gasteiger partial charge on any atom is -0.475 e. The number of fused-ring (bicyclic) bond motifs is 1. The van der Waals surface area contributed by atoms with Crippen molar-refractivity contribution >= 4 is 29.5 Å². The van der Waals surface area contributed by atoms with Crippen LogP contribution in [0.1, 0.15) is 27.3 Å². The van der Waals surface area contributed by atoms with Crippen LogP contribution in [0.15, 0.2) is 47.7 Å². The molecule has 0 saturated carbocycles. The number of halogens is 6. The van der Waals surface area contributed by atoms with Crippen LogP contribution in [0.25, 0.3) is 11.3 Å². The van der Waals surface area contributed by atoms with Gasteiger partial charge in [0.2, 0.25) is 0 Å². The molecule has 1 aliphatic heterocycles. The van der Waals surface area contributed by atoms with Crippen LogP contribution in [-0.4, -0.2) is 57.9 Å². The number of hydrazone groups is 1. The zero-order valence-corrected chi connectivity index (χ0v) is 20.2. The molecule has 212 valence electrons. The molecule has 11 nitrogen and oxygen atoms in total. The van der Waals surface area contributed by atoms with Crippen molar-refractivity contribution in [1.82, 2.24) is 15.3 Å². The molecule has 0 bridgehead atoms. The number of H-pyrrole nitrogens is 1. The smallest absolute Gasteiger partial charge is 0.475 e. The summed E-state index contributed by atoms with van der Waals surface area (Å²) in [6.45, 7) is 0.558. The average Bonchev–Trinajstić information content (AvgIpc) is 3.32. The number of carbonyl (C=O) groups is 2. The summed E-state index contributed by atoms with van der Waals surface area (Å²) in [5.74, 6) is -2.90. The molecule has 1 aromatic carbocycles. The van der Waals surface area contributed by atoms with Crippen molar-refractivity contribution in [1.29, 1.82) is 0 Å². The number of pyridine rings is 1. The summed E-state index contributed by atoms with van der Waals surface area (Å²) in [4.78, 5) is 38.7. The normalized spacial score (nSPS) is 13.2. The maximum Gasteiger partial charge on any atom is 0.490 e. The highest BCUT2D eigenvalue weighted by molar-refractivity contribution is 5.97. The Morgan fingerprint density at radius 3 is 2.42 bits per heavy atom. The second-order valence-corrected chi connectivity index (χ2v) is 8.08. The van der Waals surface area contributed by atoms with E-state index >= 15 is 0 Å². The number of benzene rings is 1. The molecule has 2 aromatic heterocycles. The Morgan fingerprint density at radius 1 is 1.18 bits per heavy atom. The molecule has 0 aliphatic carbocycles. The number of alkyl halides is 6. The highest BCUT2D eigenvalue weighted by atomic mass is 19.4. The first-order chi connectivity index (χ1) is 18.6. The molecular weight excluding hydrogens is 554 g/mol. The van der Waals surface area contributed by atoms with E-state index in [1.54, 1.807) is 18.2 Å². The Balaban J connectivity index is 0.000000559. The van der Waals surface area contributed by atoms with Gasteiger partial charge in [0.05, 0.1) is 28.0 Å². The Bertz CT molecular complexity index is 1470. The number of nitrogens with one attached hydrogen (secondary N) is 2. The number of carboxylic acid groups (broad SMARTS) is 1. The number of amides is 1. The summed E-state index contributed by atoms with van der Waals surface area (Å²) in [6.07, 6.45) is -6.22. The molecule has 3 N–H and O–H groups in total. The lowest BCUT2D eigenvalue weighted by Crippen LogP contribution is -2.31. The van der Waals surface area contributed by atoms with E-state index in [0.717, 1.165) is 34.1 Å². The van der Waals surface area contributed by atoms with Gasteiger partial charge in [0.1, 0.15) is 5.69 Å². The second-order valence-electron chi connectivity index (χ2n) is 8.08. The fraction of sp³-hybridized carbons (Fsp3) is 0.217. The van der Waals surface area contributed by atoms with Gasteiger partial charge in [-0.15, -0.1) is 0 Å². The lowest BCUT2D eigenvalue weighted by atomic mass is 10.1. The molecule has 3 heterocycles. The standard InChI is InChI=1S/C21H17F3N6O3.C2HF3O2/c1-29(18-3-2-13(21(22,23)24)9-19(18)30(32)33)27-11-14-8-12(4-6-25-14)17-10-15-16(28-17)5-7-26-20(15)31;3-2(4,5)1(6)7/h2-4,6,8-11,28H,5,7H2,1H3,(H,26,31);(H,6,7)/b27-11+;. The number of aromatic amines is 1. The number of rotatable bonds is 5. The second kappa shape index (κ2) is 11.4. The third-order valence-corrected chi connectivity index (χ3v) is 5.35. The van der Waals surface area contributed by atoms with Crippen LogP contribution in [0.3, 0.4) is 0 Å². The van der Waals surface area contributed by atoms with Gasteiger partial charge in [0, 0.05) is 49.2 Å². The first-order valence-electron chi connectivity index (χ1n) is 11.0. The van der Waals surface area contributed by atoms with Crippen molar-refractivity contribution in [2.75, 3.05) is 18.6 Å². The van der Waals surface area contributed by atoms with Crippen molar-refractivity contribution < 1.29 is 46.0 Å². The fourth-order valence-corrected chi connectivity index (χ4v) is 3.46. The van der Waals surface area contributed by atoms with Crippen LogP contribution >= 0.6 is 0 Å². The summed E-state index contributed by atoms with van der Waals surface area (Å²) in [6, 6.07) is 7.43. The van der Waals surface area contributed by atoms with E-state index in [1.165, 1.54) is 19.5 Å². The van der Waals surface area contributed by atoms with Crippen molar-refractivity contribution in [2.24, 2.45) is 5.10 Å². The number of aliphatic carboxylic acids is 1. The number of carboxylic acids is 1. The molecule has 40 heavy (non-hydrogen) atoms. The molecule has 0 saturated heterocycles. The molecule has 0 fully saturated rings. The number of hydrogen-bond acceptors (Lipinski definition) is 7. The summed E-state index contributed by atoms with van der Waals surface area (Å²) in [7, 11) is 1.38. The summed E-state index contributed by atoms with van der Waals surface area (Å²) in [5, 5.41) is 26.4. The van der Waals surface area contributed by atoms with E-state index in [9.17, 15) is 41.3 Å². The molecule has 0 spiro atoms. The Hall–Kier alpha value is -4.96. The van der Waals surface area contributed by atoms with Gasteiger partial charge in [-0.05, 0) is 30.3 Å². The van der Waals surface area contributed by atoms with Gasteiger partial charge in [-0.1, -0.05) is 0 Å². The van der Waals surface area contributed by atoms with Crippen molar-refractivity contribution in [3.8, 4) is 11.3 Å². The SMILES string of the molecule is CN(/N=C/c1cc(-c2cc3c([nH]2)CCNC3=O)ccn1)c1ccc(C(F)(F)F)cc1[N+](=O)[O-].O=C(O)C(F)(F)F. The maximum atomic E-state index is 12.9. The maximum absolute atomic E-state index is 12.9. The number of hydrogen-bond donors (Lipinski definition) is 3. The molecule has 1 amide bonds. The van der Waals surface area contributed by atoms with E-state index in [-0.39, 0.29) is 11.6 Å². The topological polar surface area (TPSA) is 154 Å². The van der Waals surface area contributed by atoms with Gasteiger partial charge in [-0.3, -0.25) is 24.9 Å². The molecule has 3 aromatic rings. The van der Waals surface area contributed by atoms with Gasteiger partial charge in [-0.2, -0.15) is 31.4 Å². The van der Waals surface area contributed by atoms with E-state index in [1.807, 2.05) is 0 Å². The van der Waals surface area contributed by atoms with Crippen LogP contribution in [0, 0.1) is 10.1 Å². The molecule has 0 unspecified atom stereocenters. The third-order valence-electron chi connectivity index (χ3n) is 5.35. The number of nitrogens with zero attached hydrogens (tertiary/aromatic N) is 4. The number of nitro benzene ring substituents is 1. The van der Waals surface area contributed by atoms with Crippen molar-refractivity contribution in [3.05, 3.63) is 75.2 Å². The molecule has 1 aliphatic rings. The van der Waals surface area contributed by atoms with Crippen LogP contribution < -0.4 is 10.3 Å². The highest BCUT2D eigenvalue weighted by Crippen LogP contribution is 2.36.